The van der Waals surface area contributed by atoms with Crippen molar-refractivity contribution in [2.45, 2.75) is 25.3 Å². The smallest absolute Gasteiger partial charge is 0.252 e. The number of carbonyl (C=O) groups excluding carboxylic acids is 2. The average Bonchev–Trinajstić information content (AvgIpc) is 3.25. The monoisotopic (exact) mass is 392 g/mol. The van der Waals surface area contributed by atoms with Crippen LogP contribution >= 0.6 is 0 Å². The highest BCUT2D eigenvalue weighted by Crippen LogP contribution is 2.28. The predicted molar refractivity (Wildman–Crippen MR) is 111 cm³/mol. The SMILES string of the molecule is COc1ccccc1C(C)CC(=O)NC(C(=O)Nc1ccn[nH]1)c1ccccc1. The van der Waals surface area contributed by atoms with E-state index in [0.717, 1.165) is 11.3 Å². The summed E-state index contributed by atoms with van der Waals surface area (Å²) in [6.07, 6.45) is 1.77. The maximum absolute atomic E-state index is 12.8. The number of hydrogen-bond acceptors (Lipinski definition) is 4. The number of amides is 2. The lowest BCUT2D eigenvalue weighted by molar-refractivity contribution is -0.126. The first-order valence-corrected chi connectivity index (χ1v) is 9.36. The molecule has 2 amide bonds. The van der Waals surface area contributed by atoms with E-state index in [2.05, 4.69) is 20.8 Å². The summed E-state index contributed by atoms with van der Waals surface area (Å²) in [4.78, 5) is 25.6. The summed E-state index contributed by atoms with van der Waals surface area (Å²) in [6.45, 7) is 1.96. The van der Waals surface area contributed by atoms with Gasteiger partial charge >= 0.3 is 0 Å². The first-order valence-electron chi connectivity index (χ1n) is 9.36. The second kappa shape index (κ2) is 9.54. The van der Waals surface area contributed by atoms with Crippen LogP contribution in [0.4, 0.5) is 5.82 Å². The molecule has 1 heterocycles. The molecule has 0 aliphatic heterocycles. The molecule has 3 rings (SSSR count). The van der Waals surface area contributed by atoms with E-state index in [1.54, 1.807) is 31.5 Å². The normalized spacial score (nSPS) is 12.6. The van der Waals surface area contributed by atoms with Crippen molar-refractivity contribution in [3.63, 3.8) is 0 Å². The summed E-state index contributed by atoms with van der Waals surface area (Å²) >= 11 is 0. The molecule has 7 nitrogen and oxygen atoms in total. The molecule has 2 aromatic carbocycles. The number of anilines is 1. The van der Waals surface area contributed by atoms with Crippen LogP contribution < -0.4 is 15.4 Å². The van der Waals surface area contributed by atoms with Crippen LogP contribution in [0.15, 0.2) is 66.9 Å². The van der Waals surface area contributed by atoms with Gasteiger partial charge in [-0.25, -0.2) is 0 Å². The summed E-state index contributed by atoms with van der Waals surface area (Å²) in [5, 5.41) is 12.1. The van der Waals surface area contributed by atoms with Crippen molar-refractivity contribution in [3.05, 3.63) is 78.0 Å². The molecule has 2 unspecified atom stereocenters. The summed E-state index contributed by atoms with van der Waals surface area (Å²) in [7, 11) is 1.61. The second-order valence-electron chi connectivity index (χ2n) is 6.72. The van der Waals surface area contributed by atoms with Crippen LogP contribution in [0.5, 0.6) is 5.75 Å². The number of aromatic amines is 1. The van der Waals surface area contributed by atoms with E-state index >= 15 is 0 Å². The van der Waals surface area contributed by atoms with E-state index < -0.39 is 6.04 Å². The van der Waals surface area contributed by atoms with Crippen LogP contribution in [0.25, 0.3) is 0 Å². The minimum atomic E-state index is -0.822. The molecular weight excluding hydrogens is 368 g/mol. The van der Waals surface area contributed by atoms with E-state index in [1.165, 1.54) is 0 Å². The zero-order valence-corrected chi connectivity index (χ0v) is 16.4. The number of para-hydroxylation sites is 1. The van der Waals surface area contributed by atoms with E-state index in [9.17, 15) is 9.59 Å². The Bertz CT molecular complexity index is 942. The molecule has 0 saturated heterocycles. The van der Waals surface area contributed by atoms with Crippen LogP contribution in [0, 0.1) is 0 Å². The van der Waals surface area contributed by atoms with Gasteiger partial charge in [-0.05, 0) is 23.1 Å². The van der Waals surface area contributed by atoms with Gasteiger partial charge in [0.25, 0.3) is 5.91 Å². The highest BCUT2D eigenvalue weighted by Gasteiger charge is 2.24. The molecule has 0 saturated carbocycles. The number of hydrogen-bond donors (Lipinski definition) is 3. The Labute approximate surface area is 169 Å². The van der Waals surface area contributed by atoms with Gasteiger partial charge in [0.1, 0.15) is 17.6 Å². The van der Waals surface area contributed by atoms with Gasteiger partial charge in [0.2, 0.25) is 5.91 Å². The first kappa shape index (κ1) is 20.1. The van der Waals surface area contributed by atoms with Gasteiger partial charge in [-0.1, -0.05) is 55.5 Å². The van der Waals surface area contributed by atoms with Gasteiger partial charge in [0.15, 0.2) is 0 Å². The lowest BCUT2D eigenvalue weighted by Crippen LogP contribution is -2.37. The zero-order valence-electron chi connectivity index (χ0n) is 16.4. The molecule has 0 bridgehead atoms. The summed E-state index contributed by atoms with van der Waals surface area (Å²) in [5.74, 6) is 0.561. The van der Waals surface area contributed by atoms with Crippen molar-refractivity contribution in [1.29, 1.82) is 0 Å². The van der Waals surface area contributed by atoms with Crippen LogP contribution in [0.1, 0.15) is 36.4 Å². The van der Waals surface area contributed by atoms with E-state index in [1.807, 2.05) is 49.4 Å². The largest absolute Gasteiger partial charge is 0.496 e. The van der Waals surface area contributed by atoms with Crippen molar-refractivity contribution in [2.75, 3.05) is 12.4 Å². The third-order valence-corrected chi connectivity index (χ3v) is 4.62. The fourth-order valence-corrected chi connectivity index (χ4v) is 3.16. The topological polar surface area (TPSA) is 96.1 Å². The van der Waals surface area contributed by atoms with Gasteiger partial charge in [0, 0.05) is 12.5 Å². The lowest BCUT2D eigenvalue weighted by atomic mass is 9.96. The number of carbonyl (C=O) groups is 2. The van der Waals surface area contributed by atoms with E-state index in [0.29, 0.717) is 11.4 Å². The molecule has 0 aliphatic rings. The average molecular weight is 392 g/mol. The summed E-state index contributed by atoms with van der Waals surface area (Å²) < 4.78 is 5.39. The number of nitrogens with one attached hydrogen (secondary N) is 3. The third-order valence-electron chi connectivity index (χ3n) is 4.62. The van der Waals surface area contributed by atoms with Crippen LogP contribution in [0.2, 0.25) is 0 Å². The number of rotatable bonds is 8. The first-order chi connectivity index (χ1) is 14.1. The van der Waals surface area contributed by atoms with Crippen LogP contribution in [-0.4, -0.2) is 29.1 Å². The van der Waals surface area contributed by atoms with Gasteiger partial charge in [-0.15, -0.1) is 0 Å². The molecule has 0 spiro atoms. The molecule has 2 atom stereocenters. The van der Waals surface area contributed by atoms with Gasteiger partial charge < -0.3 is 15.4 Å². The molecule has 150 valence electrons. The van der Waals surface area contributed by atoms with Crippen LogP contribution in [-0.2, 0) is 9.59 Å². The van der Waals surface area contributed by atoms with Gasteiger partial charge in [-0.3, -0.25) is 14.7 Å². The molecule has 29 heavy (non-hydrogen) atoms. The Morgan fingerprint density at radius 3 is 2.48 bits per heavy atom. The lowest BCUT2D eigenvalue weighted by Gasteiger charge is -2.20. The standard InChI is InChI=1S/C22H24N4O3/c1-15(17-10-6-7-11-18(17)29-2)14-20(27)25-21(16-8-4-3-5-9-16)22(28)24-19-12-13-23-26-19/h3-13,15,21H,14H2,1-2H3,(H,25,27)(H2,23,24,26,28). The second-order valence-corrected chi connectivity index (χ2v) is 6.72. The van der Waals surface area contributed by atoms with Crippen molar-refractivity contribution in [1.82, 2.24) is 15.5 Å². The molecule has 3 N–H and O–H groups in total. The minimum Gasteiger partial charge on any atom is -0.496 e. The summed E-state index contributed by atoms with van der Waals surface area (Å²) in [5.41, 5.74) is 1.64. The highest BCUT2D eigenvalue weighted by atomic mass is 16.5. The number of benzene rings is 2. The maximum Gasteiger partial charge on any atom is 0.252 e. The number of methoxy groups -OCH3 is 1. The number of nitrogens with zero attached hydrogens (tertiary/aromatic N) is 1. The Morgan fingerprint density at radius 2 is 1.79 bits per heavy atom. The Hall–Kier alpha value is -3.61. The maximum atomic E-state index is 12.8. The molecule has 0 aliphatic carbocycles. The Morgan fingerprint density at radius 1 is 1.07 bits per heavy atom. The van der Waals surface area contributed by atoms with Gasteiger partial charge in [0.05, 0.1) is 13.3 Å². The highest BCUT2D eigenvalue weighted by molar-refractivity contribution is 5.97. The molecule has 1 aromatic heterocycles. The molecule has 0 fully saturated rings. The van der Waals surface area contributed by atoms with Crippen molar-refractivity contribution < 1.29 is 14.3 Å². The third kappa shape index (κ3) is 5.22. The molecular formula is C22H24N4O3. The Kier molecular flexibility index (Phi) is 6.63. The molecule has 0 radical (unpaired) electrons. The molecule has 7 heteroatoms. The fourth-order valence-electron chi connectivity index (χ4n) is 3.16. The zero-order chi connectivity index (χ0) is 20.6. The quantitative estimate of drug-likeness (QED) is 0.547. The fraction of sp³-hybridized carbons (Fsp3) is 0.227. The van der Waals surface area contributed by atoms with Gasteiger partial charge in [-0.2, -0.15) is 5.10 Å². The van der Waals surface area contributed by atoms with Crippen molar-refractivity contribution in [3.8, 4) is 5.75 Å². The van der Waals surface area contributed by atoms with Crippen molar-refractivity contribution >= 4 is 17.6 Å². The molecule has 3 aromatic rings. The summed E-state index contributed by atoms with van der Waals surface area (Å²) in [6, 6.07) is 17.6. The van der Waals surface area contributed by atoms with E-state index in [-0.39, 0.29) is 24.2 Å². The van der Waals surface area contributed by atoms with E-state index in [4.69, 9.17) is 4.74 Å². The number of H-pyrrole nitrogens is 1. The number of aromatic nitrogens is 2. The number of ether oxygens (including phenoxy) is 1. The predicted octanol–water partition coefficient (Wildman–Crippen LogP) is 3.41. The van der Waals surface area contributed by atoms with Crippen molar-refractivity contribution in [2.24, 2.45) is 0 Å². The minimum absolute atomic E-state index is 0.0711. The van der Waals surface area contributed by atoms with Crippen LogP contribution in [0.3, 0.4) is 0 Å². The Balaban J connectivity index is 1.73.